The molecule has 1 aliphatic carbocycles. The van der Waals surface area contributed by atoms with Gasteiger partial charge in [-0.25, -0.2) is 10.1 Å². The molecule has 0 aromatic carbocycles. The third-order valence-corrected chi connectivity index (χ3v) is 7.88. The van der Waals surface area contributed by atoms with Crippen molar-refractivity contribution in [2.24, 2.45) is 23.7 Å². The molecule has 6 heteroatoms. The number of esters is 1. The molecule has 0 aromatic rings. The van der Waals surface area contributed by atoms with E-state index in [4.69, 9.17) is 9.47 Å². The first-order chi connectivity index (χ1) is 9.82. The van der Waals surface area contributed by atoms with Crippen LogP contribution >= 0.6 is 22.6 Å². The van der Waals surface area contributed by atoms with Crippen molar-refractivity contribution < 1.29 is 24.4 Å². The van der Waals surface area contributed by atoms with Crippen LogP contribution in [0.25, 0.3) is 0 Å². The number of carbonyl (C=O) groups excluding carboxylic acids is 1. The molecule has 21 heavy (non-hydrogen) atoms. The van der Waals surface area contributed by atoms with Gasteiger partial charge in [0.25, 0.3) is 0 Å². The zero-order chi connectivity index (χ0) is 15.4. The summed E-state index contributed by atoms with van der Waals surface area (Å²) < 4.78 is 11.3. The van der Waals surface area contributed by atoms with Crippen LogP contribution in [0.15, 0.2) is 0 Å². The van der Waals surface area contributed by atoms with Gasteiger partial charge in [-0.15, -0.1) is 0 Å². The molecule has 3 rings (SSSR count). The average molecular weight is 410 g/mol. The van der Waals surface area contributed by atoms with Crippen LogP contribution in [0.4, 0.5) is 0 Å². The molecule has 3 fully saturated rings. The first kappa shape index (κ1) is 16.0. The summed E-state index contributed by atoms with van der Waals surface area (Å²) in [5, 5.41) is 9.21. The first-order valence-electron chi connectivity index (χ1n) is 7.71. The van der Waals surface area contributed by atoms with Crippen LogP contribution in [0.5, 0.6) is 0 Å². The summed E-state index contributed by atoms with van der Waals surface area (Å²) >= 11 is 2.47. The minimum absolute atomic E-state index is 0.101. The van der Waals surface area contributed by atoms with Crippen molar-refractivity contribution >= 4 is 28.6 Å². The summed E-state index contributed by atoms with van der Waals surface area (Å²) in [6.45, 7) is 5.93. The molecule has 3 aliphatic rings. The Morgan fingerprint density at radius 3 is 2.67 bits per heavy atom. The number of hydrogen-bond donors (Lipinski definition) is 1. The quantitative estimate of drug-likeness (QED) is 0.236. The van der Waals surface area contributed by atoms with Crippen molar-refractivity contribution in [1.29, 1.82) is 0 Å². The second-order valence-corrected chi connectivity index (χ2v) is 8.90. The second kappa shape index (κ2) is 5.32. The Morgan fingerprint density at radius 1 is 1.29 bits per heavy atom. The molecule has 0 bridgehead atoms. The fourth-order valence-corrected chi connectivity index (χ4v) is 6.45. The maximum Gasteiger partial charge on any atom is 0.311 e. The lowest BCUT2D eigenvalue weighted by Gasteiger charge is -2.54. The molecule has 2 saturated heterocycles. The van der Waals surface area contributed by atoms with Crippen LogP contribution in [-0.2, 0) is 19.2 Å². The molecule has 1 N–H and O–H groups in total. The molecule has 7 atom stereocenters. The van der Waals surface area contributed by atoms with Crippen LogP contribution in [0.3, 0.4) is 0 Å². The van der Waals surface area contributed by atoms with Gasteiger partial charge in [-0.05, 0) is 37.5 Å². The van der Waals surface area contributed by atoms with Crippen molar-refractivity contribution in [3.63, 3.8) is 0 Å². The van der Waals surface area contributed by atoms with Crippen LogP contribution in [-0.4, -0.2) is 26.7 Å². The van der Waals surface area contributed by atoms with Crippen molar-refractivity contribution in [3.05, 3.63) is 0 Å². The maximum absolute atomic E-state index is 12.2. The van der Waals surface area contributed by atoms with Crippen LogP contribution < -0.4 is 0 Å². The molecular weight excluding hydrogens is 387 g/mol. The number of hydrogen-bond acceptors (Lipinski definition) is 5. The normalized spacial score (nSPS) is 53.6. The van der Waals surface area contributed by atoms with Crippen molar-refractivity contribution in [2.45, 2.75) is 62.0 Å². The first-order valence-corrected chi connectivity index (χ1v) is 8.79. The van der Waals surface area contributed by atoms with E-state index in [9.17, 15) is 10.1 Å². The summed E-state index contributed by atoms with van der Waals surface area (Å²) in [6.07, 6.45) is 2.99. The number of halogens is 1. The van der Waals surface area contributed by atoms with Crippen LogP contribution in [0.2, 0.25) is 0 Å². The lowest BCUT2D eigenvalue weighted by Crippen LogP contribution is -2.62. The van der Waals surface area contributed by atoms with Gasteiger partial charge in [-0.2, -0.15) is 0 Å². The topological polar surface area (TPSA) is 65.0 Å². The highest BCUT2D eigenvalue weighted by atomic mass is 127. The minimum Gasteiger partial charge on any atom is -0.434 e. The Labute approximate surface area is 138 Å². The minimum atomic E-state index is -1.11. The Morgan fingerprint density at radius 2 is 2.00 bits per heavy atom. The molecular formula is C15H23IO5. The molecule has 3 unspecified atom stereocenters. The van der Waals surface area contributed by atoms with Gasteiger partial charge in [0.2, 0.25) is 12.1 Å². The van der Waals surface area contributed by atoms with E-state index in [0.29, 0.717) is 18.3 Å². The molecule has 5 nitrogen and oxygen atoms in total. The van der Waals surface area contributed by atoms with Crippen molar-refractivity contribution in [3.8, 4) is 0 Å². The van der Waals surface area contributed by atoms with E-state index in [2.05, 4.69) is 34.4 Å². The molecule has 0 radical (unpaired) electrons. The van der Waals surface area contributed by atoms with Gasteiger partial charge in [0, 0.05) is 6.42 Å². The predicted octanol–water partition coefficient (Wildman–Crippen LogP) is 3.36. The Hall–Kier alpha value is 0.0800. The largest absolute Gasteiger partial charge is 0.434 e. The average Bonchev–Trinajstić information content (AvgIpc) is 2.55. The molecule has 120 valence electrons. The third-order valence-electron chi connectivity index (χ3n) is 5.78. The highest BCUT2D eigenvalue weighted by Crippen LogP contribution is 2.59. The summed E-state index contributed by atoms with van der Waals surface area (Å²) in [7, 11) is 0. The highest BCUT2D eigenvalue weighted by Gasteiger charge is 2.63. The van der Waals surface area contributed by atoms with Gasteiger partial charge in [-0.1, -0.05) is 42.9 Å². The van der Waals surface area contributed by atoms with Gasteiger partial charge >= 0.3 is 5.97 Å². The molecule has 0 amide bonds. The van der Waals surface area contributed by atoms with Gasteiger partial charge < -0.3 is 9.47 Å². The van der Waals surface area contributed by atoms with E-state index >= 15 is 0 Å². The molecule has 2 heterocycles. The smallest absolute Gasteiger partial charge is 0.311 e. The zero-order valence-electron chi connectivity index (χ0n) is 12.7. The van der Waals surface area contributed by atoms with E-state index in [-0.39, 0.29) is 21.2 Å². The third kappa shape index (κ3) is 2.33. The molecule has 0 aromatic heterocycles. The molecule has 0 spiro atoms. The lowest BCUT2D eigenvalue weighted by molar-refractivity contribution is -0.423. The number of alkyl halides is 1. The zero-order valence-corrected chi connectivity index (χ0v) is 14.8. The Balaban J connectivity index is 2.03. The van der Waals surface area contributed by atoms with Gasteiger partial charge in [0.05, 0.1) is 9.34 Å². The van der Waals surface area contributed by atoms with E-state index in [1.54, 1.807) is 6.92 Å². The predicted molar refractivity (Wildman–Crippen MR) is 83.6 cm³/mol. The standard InChI is InChI=1S/C15H23IO5/c1-8-4-5-11-9(2)12(17)19-13-15(11,16)10(8)6-7-14(3,20-13)21-18/h8-11,13,18H,4-7H2,1-3H3/t8-,9-,10?,11+,13?,14?,15-/m1/s1. The van der Waals surface area contributed by atoms with Crippen LogP contribution in [0, 0.1) is 23.7 Å². The number of ether oxygens (including phenoxy) is 2. The van der Waals surface area contributed by atoms with Crippen LogP contribution in [0.1, 0.15) is 46.5 Å². The molecule has 2 aliphatic heterocycles. The Kier molecular flexibility index (Phi) is 4.04. The SMILES string of the molecule is C[C@@H]1CC[C@H]2[C@@H](C)C(=O)OC3OC(C)(OO)CCC1[C@]32I. The van der Waals surface area contributed by atoms with E-state index in [1.807, 2.05) is 6.92 Å². The second-order valence-electron chi connectivity index (χ2n) is 7.03. The number of carbonyl (C=O) groups is 1. The number of rotatable bonds is 1. The summed E-state index contributed by atoms with van der Waals surface area (Å²) in [4.78, 5) is 16.8. The fourth-order valence-electron chi connectivity index (χ4n) is 4.42. The van der Waals surface area contributed by atoms with Gasteiger partial charge in [0.15, 0.2) is 0 Å². The van der Waals surface area contributed by atoms with E-state index in [1.165, 1.54) is 0 Å². The molecule has 1 saturated carbocycles. The van der Waals surface area contributed by atoms with Gasteiger partial charge in [0.1, 0.15) is 0 Å². The van der Waals surface area contributed by atoms with Crippen molar-refractivity contribution in [1.82, 2.24) is 0 Å². The lowest BCUT2D eigenvalue weighted by atomic mass is 9.61. The fraction of sp³-hybridized carbons (Fsp3) is 0.933. The Bertz CT molecular complexity index is 444. The summed E-state index contributed by atoms with van der Waals surface area (Å²) in [5.41, 5.74) is 0. The van der Waals surface area contributed by atoms with Gasteiger partial charge in [-0.3, -0.25) is 4.79 Å². The summed E-state index contributed by atoms with van der Waals surface area (Å²) in [6, 6.07) is 0. The van der Waals surface area contributed by atoms with E-state index < -0.39 is 12.1 Å². The monoisotopic (exact) mass is 410 g/mol. The van der Waals surface area contributed by atoms with E-state index in [0.717, 1.165) is 19.3 Å². The van der Waals surface area contributed by atoms with Crippen molar-refractivity contribution in [2.75, 3.05) is 0 Å². The maximum atomic E-state index is 12.2. The highest BCUT2D eigenvalue weighted by molar-refractivity contribution is 14.1. The summed E-state index contributed by atoms with van der Waals surface area (Å²) in [5.74, 6) is -0.204.